The number of nitrogens with zero attached hydrogens (tertiary/aromatic N) is 2. The first-order valence-corrected chi connectivity index (χ1v) is 10.8. The number of aryl methyl sites for hydroxylation is 4. The molecule has 0 fully saturated rings. The van der Waals surface area contributed by atoms with Crippen molar-refractivity contribution < 1.29 is 29.6 Å². The first-order chi connectivity index (χ1) is 14.3. The Bertz CT molecular complexity index is 946. The van der Waals surface area contributed by atoms with Gasteiger partial charge in [-0.2, -0.15) is 24.6 Å². The average Bonchev–Trinajstić information content (AvgIpc) is 3.15. The smallest absolute Gasteiger partial charge is 0.148 e. The van der Waals surface area contributed by atoms with E-state index < -0.39 is 0 Å². The fourth-order valence-corrected chi connectivity index (χ4v) is 3.73. The Kier molecular flexibility index (Phi) is 8.01. The molecular formula is C27H34IrN2O2-2. The maximum atomic E-state index is 5.77. The van der Waals surface area contributed by atoms with E-state index in [9.17, 15) is 0 Å². The van der Waals surface area contributed by atoms with Crippen molar-refractivity contribution in [2.45, 2.75) is 66.5 Å². The van der Waals surface area contributed by atoms with E-state index in [0.29, 0.717) is 25.0 Å². The van der Waals surface area contributed by atoms with Crippen LogP contribution < -0.4 is 0 Å². The summed E-state index contributed by atoms with van der Waals surface area (Å²) in [6.07, 6.45) is 0. The van der Waals surface area contributed by atoms with E-state index in [1.165, 1.54) is 11.1 Å². The number of benzene rings is 2. The summed E-state index contributed by atoms with van der Waals surface area (Å²) >= 11 is 0. The van der Waals surface area contributed by atoms with Crippen LogP contribution in [0.3, 0.4) is 0 Å². The van der Waals surface area contributed by atoms with E-state index in [1.54, 1.807) is 0 Å². The Hall–Kier alpha value is -2.10. The molecule has 0 saturated heterocycles. The molecule has 0 N–H and O–H groups in total. The summed E-state index contributed by atoms with van der Waals surface area (Å²) in [5.74, 6) is 1.34. The van der Waals surface area contributed by atoms with Gasteiger partial charge in [-0.05, 0) is 27.7 Å². The zero-order valence-corrected chi connectivity index (χ0v) is 22.9. The second kappa shape index (κ2) is 9.80. The van der Waals surface area contributed by atoms with Crippen molar-refractivity contribution in [2.75, 3.05) is 13.2 Å². The first-order valence-electron chi connectivity index (χ1n) is 10.8. The summed E-state index contributed by atoms with van der Waals surface area (Å²) < 4.78 is 11.5. The third-order valence-corrected chi connectivity index (χ3v) is 5.11. The SMILES string of the molecule is Cc1cc(C)c(C2=NC(C)(C)CO2)[c-]c1C1=NC(C)(C)CO1.[CH2-]c1cc(C)cc(C)c1.[Ir]. The molecule has 2 aliphatic rings. The fourth-order valence-electron chi connectivity index (χ4n) is 3.73. The average molecular weight is 611 g/mol. The van der Waals surface area contributed by atoms with Gasteiger partial charge in [0, 0.05) is 20.1 Å². The topological polar surface area (TPSA) is 43.2 Å². The second-order valence-corrected chi connectivity index (χ2v) is 9.92. The quantitative estimate of drug-likeness (QED) is 0.410. The molecule has 0 amide bonds. The van der Waals surface area contributed by atoms with Gasteiger partial charge < -0.3 is 9.47 Å². The van der Waals surface area contributed by atoms with E-state index in [-0.39, 0.29) is 31.2 Å². The monoisotopic (exact) mass is 611 g/mol. The van der Waals surface area contributed by atoms with Crippen LogP contribution in [0.4, 0.5) is 0 Å². The van der Waals surface area contributed by atoms with Crippen molar-refractivity contribution in [1.82, 2.24) is 0 Å². The molecule has 0 spiro atoms. The zero-order valence-electron chi connectivity index (χ0n) is 20.5. The number of ether oxygens (including phenoxy) is 2. The fraction of sp³-hybridized carbons (Fsp3) is 0.444. The van der Waals surface area contributed by atoms with Gasteiger partial charge in [0.15, 0.2) is 0 Å². The summed E-state index contributed by atoms with van der Waals surface area (Å²) in [5, 5.41) is 0. The second-order valence-electron chi connectivity index (χ2n) is 9.92. The van der Waals surface area contributed by atoms with Crippen molar-refractivity contribution in [3.63, 3.8) is 0 Å². The van der Waals surface area contributed by atoms with Crippen LogP contribution in [-0.4, -0.2) is 36.1 Å². The number of hydrogen-bond acceptors (Lipinski definition) is 4. The molecule has 0 aliphatic carbocycles. The number of hydrogen-bond donors (Lipinski definition) is 0. The van der Waals surface area contributed by atoms with E-state index in [0.717, 1.165) is 27.8 Å². The minimum Gasteiger partial charge on any atom is -0.509 e. The molecule has 2 heterocycles. The van der Waals surface area contributed by atoms with Gasteiger partial charge in [-0.25, -0.2) is 0 Å². The minimum atomic E-state index is -0.177. The number of rotatable bonds is 2. The third-order valence-electron chi connectivity index (χ3n) is 5.11. The van der Waals surface area contributed by atoms with E-state index in [1.807, 2.05) is 0 Å². The molecule has 2 aromatic rings. The summed E-state index contributed by atoms with van der Waals surface area (Å²) in [5.41, 5.74) is 7.36. The predicted molar refractivity (Wildman–Crippen MR) is 128 cm³/mol. The first kappa shape index (κ1) is 26.2. The Labute approximate surface area is 206 Å². The van der Waals surface area contributed by atoms with Crippen molar-refractivity contribution in [3.05, 3.63) is 76.2 Å². The largest absolute Gasteiger partial charge is 0.509 e. The van der Waals surface area contributed by atoms with Crippen LogP contribution >= 0.6 is 0 Å². The third kappa shape index (κ3) is 6.46. The number of aliphatic imine (C=N–C) groups is 2. The Morgan fingerprint density at radius 3 is 1.47 bits per heavy atom. The molecule has 0 saturated carbocycles. The summed E-state index contributed by atoms with van der Waals surface area (Å²) in [6, 6.07) is 11.8. The zero-order chi connectivity index (χ0) is 23.0. The molecular weight excluding hydrogens is 577 g/mol. The van der Waals surface area contributed by atoms with Gasteiger partial charge >= 0.3 is 0 Å². The van der Waals surface area contributed by atoms with Crippen molar-refractivity contribution in [3.8, 4) is 0 Å². The molecule has 0 aromatic heterocycles. The Balaban J connectivity index is 0.000000307. The molecule has 5 heteroatoms. The van der Waals surface area contributed by atoms with Crippen molar-refractivity contribution in [2.24, 2.45) is 9.98 Å². The van der Waals surface area contributed by atoms with Gasteiger partial charge in [-0.1, -0.05) is 44.9 Å². The molecule has 2 aliphatic heterocycles. The molecule has 2 aromatic carbocycles. The molecule has 4 nitrogen and oxygen atoms in total. The minimum absolute atomic E-state index is 0. The Morgan fingerprint density at radius 2 is 1.16 bits per heavy atom. The maximum Gasteiger partial charge on any atom is 0.148 e. The van der Waals surface area contributed by atoms with Gasteiger partial charge in [0.2, 0.25) is 0 Å². The molecule has 1 radical (unpaired) electrons. The van der Waals surface area contributed by atoms with Crippen LogP contribution in [0.2, 0.25) is 0 Å². The van der Waals surface area contributed by atoms with Gasteiger partial charge in [0.1, 0.15) is 25.0 Å². The van der Waals surface area contributed by atoms with Gasteiger partial charge in [0.05, 0.1) is 11.1 Å². The van der Waals surface area contributed by atoms with Gasteiger partial charge in [-0.3, -0.25) is 9.98 Å². The van der Waals surface area contributed by atoms with Crippen LogP contribution in [0.15, 0.2) is 34.3 Å². The van der Waals surface area contributed by atoms with Gasteiger partial charge in [0.25, 0.3) is 0 Å². The maximum absolute atomic E-state index is 5.77. The summed E-state index contributed by atoms with van der Waals surface area (Å²) in [4.78, 5) is 9.32. The van der Waals surface area contributed by atoms with Crippen LogP contribution in [0.1, 0.15) is 66.6 Å². The Morgan fingerprint density at radius 1 is 0.750 bits per heavy atom. The molecule has 32 heavy (non-hydrogen) atoms. The molecule has 0 bridgehead atoms. The molecule has 0 unspecified atom stereocenters. The van der Waals surface area contributed by atoms with E-state index in [4.69, 9.17) is 9.47 Å². The predicted octanol–water partition coefficient (Wildman–Crippen LogP) is 5.70. The summed E-state index contributed by atoms with van der Waals surface area (Å²) in [6.45, 7) is 21.6. The van der Waals surface area contributed by atoms with Crippen LogP contribution in [0, 0.1) is 40.7 Å². The van der Waals surface area contributed by atoms with Crippen LogP contribution in [-0.2, 0) is 29.6 Å². The molecule has 4 rings (SSSR count). The normalized spacial score (nSPS) is 17.8. The molecule has 0 atom stereocenters. The standard InChI is InChI=1S/C18H23N2O2.C9H11.Ir/c1-11-7-12(2)14(16-20-18(5,6)10-22-16)8-13(11)15-19-17(3,4)9-21-15;1-7-4-8(2)6-9(3)5-7;/h7H,9-10H2,1-6H3;4-6H,1H2,2-3H3;/q2*-1;. The summed E-state index contributed by atoms with van der Waals surface area (Å²) in [7, 11) is 0. The van der Waals surface area contributed by atoms with Crippen LogP contribution in [0.5, 0.6) is 0 Å². The van der Waals surface area contributed by atoms with E-state index in [2.05, 4.69) is 103 Å². The molecule has 175 valence electrons. The van der Waals surface area contributed by atoms with Gasteiger partial charge in [-0.15, -0.1) is 34.4 Å². The van der Waals surface area contributed by atoms with Crippen molar-refractivity contribution in [1.29, 1.82) is 0 Å². The van der Waals surface area contributed by atoms with E-state index >= 15 is 0 Å². The van der Waals surface area contributed by atoms with Crippen molar-refractivity contribution >= 4 is 11.8 Å². The van der Waals surface area contributed by atoms with Crippen LogP contribution in [0.25, 0.3) is 0 Å².